The van der Waals surface area contributed by atoms with Gasteiger partial charge in [-0.25, -0.2) is 0 Å². The van der Waals surface area contributed by atoms with Gasteiger partial charge in [0.2, 0.25) is 0 Å². The van der Waals surface area contributed by atoms with E-state index in [0.29, 0.717) is 13.0 Å². The van der Waals surface area contributed by atoms with Gasteiger partial charge in [0, 0.05) is 5.92 Å². The summed E-state index contributed by atoms with van der Waals surface area (Å²) in [6.45, 7) is 5.88. The molecule has 2 aromatic carbocycles. The average Bonchev–Trinajstić information content (AvgIpc) is 3.02. The molecule has 1 aliphatic heterocycles. The molecule has 5 heteroatoms. The van der Waals surface area contributed by atoms with Gasteiger partial charge in [-0.1, -0.05) is 120 Å². The maximum absolute atomic E-state index is 13.4. The number of ether oxygens (including phenoxy) is 2. The average molecular weight is 593 g/mol. The minimum atomic E-state index is -0.629. The first-order chi connectivity index (χ1) is 21.0. The summed E-state index contributed by atoms with van der Waals surface area (Å²) in [6, 6.07) is 16.8. The zero-order valence-corrected chi connectivity index (χ0v) is 27.5. The molecule has 1 saturated heterocycles. The van der Waals surface area contributed by atoms with Gasteiger partial charge in [-0.2, -0.15) is 0 Å². The minimum absolute atomic E-state index is 0.0116. The number of nitrogens with two attached hydrogens (primary N) is 1. The Morgan fingerprint density at radius 1 is 0.860 bits per heavy atom. The third-order valence-electron chi connectivity index (χ3n) is 9.64. The number of aryl methyl sites for hydroxylation is 2. The Hall–Kier alpha value is -2.37. The van der Waals surface area contributed by atoms with Crippen molar-refractivity contribution in [3.63, 3.8) is 0 Å². The van der Waals surface area contributed by atoms with E-state index in [0.717, 1.165) is 44.5 Å². The Kier molecular flexibility index (Phi) is 16.2. The van der Waals surface area contributed by atoms with Crippen LogP contribution >= 0.6 is 0 Å². The Labute approximate surface area is 262 Å². The van der Waals surface area contributed by atoms with E-state index in [1.165, 1.54) is 94.4 Å². The minimum Gasteiger partial charge on any atom is -0.493 e. The van der Waals surface area contributed by atoms with E-state index in [-0.39, 0.29) is 18.1 Å². The van der Waals surface area contributed by atoms with E-state index in [4.69, 9.17) is 15.2 Å². The number of hydrogen-bond acceptors (Lipinski definition) is 5. The lowest BCUT2D eigenvalue weighted by molar-refractivity contribution is -0.160. The molecular weight excluding hydrogens is 532 g/mol. The number of carbonyl (C=O) groups is 1. The SMILES string of the molecule is CCCCCCCCCCCCCCOc1ccccc1CCCC1[C@H](N)NCC[C@]1(Cc1ccccc1C)C(=O)OC. The van der Waals surface area contributed by atoms with Crippen LogP contribution in [0.5, 0.6) is 5.75 Å². The van der Waals surface area contributed by atoms with Crippen molar-refractivity contribution in [2.45, 2.75) is 129 Å². The van der Waals surface area contributed by atoms with Gasteiger partial charge < -0.3 is 20.5 Å². The maximum Gasteiger partial charge on any atom is 0.312 e. The Balaban J connectivity index is 1.46. The summed E-state index contributed by atoms with van der Waals surface area (Å²) >= 11 is 0. The summed E-state index contributed by atoms with van der Waals surface area (Å²) < 4.78 is 11.7. The molecule has 0 aliphatic carbocycles. The molecule has 1 unspecified atom stereocenters. The zero-order valence-electron chi connectivity index (χ0n) is 27.5. The van der Waals surface area contributed by atoms with E-state index in [9.17, 15) is 4.79 Å². The predicted octanol–water partition coefficient (Wildman–Crippen LogP) is 8.69. The van der Waals surface area contributed by atoms with E-state index >= 15 is 0 Å². The quantitative estimate of drug-likeness (QED) is 0.112. The molecule has 0 saturated carbocycles. The van der Waals surface area contributed by atoms with Crippen LogP contribution in [-0.4, -0.2) is 32.4 Å². The van der Waals surface area contributed by atoms with E-state index in [2.05, 4.69) is 61.6 Å². The summed E-state index contributed by atoms with van der Waals surface area (Å²) in [7, 11) is 1.51. The van der Waals surface area contributed by atoms with Gasteiger partial charge in [-0.05, 0) is 74.8 Å². The fourth-order valence-corrected chi connectivity index (χ4v) is 6.97. The molecule has 0 amide bonds. The number of benzene rings is 2. The van der Waals surface area contributed by atoms with Gasteiger partial charge in [0.25, 0.3) is 0 Å². The molecule has 3 N–H and O–H groups in total. The second-order valence-electron chi connectivity index (χ2n) is 12.8. The fourth-order valence-electron chi connectivity index (χ4n) is 6.97. The molecule has 43 heavy (non-hydrogen) atoms. The summed E-state index contributed by atoms with van der Waals surface area (Å²) in [6.07, 6.45) is 20.0. The highest BCUT2D eigenvalue weighted by atomic mass is 16.5. The zero-order chi connectivity index (χ0) is 30.8. The fraction of sp³-hybridized carbons (Fsp3) is 0.658. The molecule has 3 rings (SSSR count). The van der Waals surface area contributed by atoms with Gasteiger partial charge in [0.15, 0.2) is 0 Å². The first kappa shape index (κ1) is 35.1. The summed E-state index contributed by atoms with van der Waals surface area (Å²) in [4.78, 5) is 13.4. The molecule has 5 nitrogen and oxygen atoms in total. The molecule has 0 aromatic heterocycles. The number of methoxy groups -OCH3 is 1. The van der Waals surface area contributed by atoms with Crippen LogP contribution in [0.3, 0.4) is 0 Å². The second kappa shape index (κ2) is 19.8. The number of para-hydroxylation sites is 1. The largest absolute Gasteiger partial charge is 0.493 e. The summed E-state index contributed by atoms with van der Waals surface area (Å²) in [5.41, 5.74) is 9.68. The lowest BCUT2D eigenvalue weighted by Gasteiger charge is -2.46. The molecule has 2 aromatic rings. The Morgan fingerprint density at radius 2 is 1.47 bits per heavy atom. The van der Waals surface area contributed by atoms with Crippen LogP contribution in [0.1, 0.15) is 120 Å². The van der Waals surface area contributed by atoms with Crippen molar-refractivity contribution < 1.29 is 14.3 Å². The molecule has 1 fully saturated rings. The molecular formula is C38H60N2O3. The first-order valence-corrected chi connectivity index (χ1v) is 17.3. The number of piperidine rings is 1. The van der Waals surface area contributed by atoms with Crippen LogP contribution in [-0.2, 0) is 22.4 Å². The van der Waals surface area contributed by atoms with Crippen LogP contribution in [0.25, 0.3) is 0 Å². The normalized spacial score (nSPS) is 20.2. The van der Waals surface area contributed by atoms with E-state index < -0.39 is 5.41 Å². The Bertz CT molecular complexity index is 1060. The van der Waals surface area contributed by atoms with Crippen molar-refractivity contribution in [2.75, 3.05) is 20.3 Å². The maximum atomic E-state index is 13.4. The first-order valence-electron chi connectivity index (χ1n) is 17.3. The van der Waals surface area contributed by atoms with Crippen LogP contribution in [0.2, 0.25) is 0 Å². The molecule has 1 aliphatic rings. The summed E-state index contributed by atoms with van der Waals surface area (Å²) in [5.74, 6) is 0.849. The lowest BCUT2D eigenvalue weighted by atomic mass is 9.64. The van der Waals surface area contributed by atoms with Crippen LogP contribution in [0.15, 0.2) is 48.5 Å². The number of unbranched alkanes of at least 4 members (excludes halogenated alkanes) is 11. The number of nitrogens with one attached hydrogen (secondary N) is 1. The molecule has 0 radical (unpaired) electrons. The monoisotopic (exact) mass is 592 g/mol. The van der Waals surface area contributed by atoms with Crippen molar-refractivity contribution in [3.8, 4) is 5.75 Å². The van der Waals surface area contributed by atoms with Gasteiger partial charge in [0.1, 0.15) is 5.75 Å². The molecule has 240 valence electrons. The third kappa shape index (κ3) is 11.2. The van der Waals surface area contributed by atoms with Crippen LogP contribution < -0.4 is 15.8 Å². The number of rotatable bonds is 21. The van der Waals surface area contributed by atoms with Crippen LogP contribution in [0, 0.1) is 18.3 Å². The Morgan fingerprint density at radius 3 is 2.12 bits per heavy atom. The van der Waals surface area contributed by atoms with Gasteiger partial charge in [-0.15, -0.1) is 0 Å². The van der Waals surface area contributed by atoms with E-state index in [1.54, 1.807) is 0 Å². The highest BCUT2D eigenvalue weighted by molar-refractivity contribution is 5.78. The number of hydrogen-bond donors (Lipinski definition) is 2. The molecule has 0 spiro atoms. The smallest absolute Gasteiger partial charge is 0.312 e. The van der Waals surface area contributed by atoms with Gasteiger partial charge >= 0.3 is 5.97 Å². The highest BCUT2D eigenvalue weighted by Gasteiger charge is 2.50. The summed E-state index contributed by atoms with van der Waals surface area (Å²) in [5, 5.41) is 3.44. The second-order valence-corrected chi connectivity index (χ2v) is 12.8. The van der Waals surface area contributed by atoms with Crippen molar-refractivity contribution in [3.05, 3.63) is 65.2 Å². The standard InChI is InChI=1S/C38H60N2O3/c1-4-5-6-7-8-9-10-11-12-13-14-19-29-43-35-26-18-17-22-32(35)24-20-25-34-36(39)40-28-27-38(34,37(41)42-3)30-33-23-16-15-21-31(33)2/h15-18,21-23,26,34,36,40H,4-14,19-20,24-25,27-30,39H2,1-3H3/t34?,36-,38-/m1/s1. The van der Waals surface area contributed by atoms with Crippen molar-refractivity contribution in [1.82, 2.24) is 5.32 Å². The highest BCUT2D eigenvalue weighted by Crippen LogP contribution is 2.43. The van der Waals surface area contributed by atoms with Gasteiger partial charge in [0.05, 0.1) is 25.3 Å². The lowest BCUT2D eigenvalue weighted by Crippen LogP contribution is -2.60. The molecule has 3 atom stereocenters. The molecule has 1 heterocycles. The molecule has 0 bridgehead atoms. The van der Waals surface area contributed by atoms with Crippen molar-refractivity contribution >= 4 is 5.97 Å². The predicted molar refractivity (Wildman–Crippen MR) is 179 cm³/mol. The topological polar surface area (TPSA) is 73.6 Å². The third-order valence-corrected chi connectivity index (χ3v) is 9.64. The van der Waals surface area contributed by atoms with E-state index in [1.807, 2.05) is 6.07 Å². The van der Waals surface area contributed by atoms with Crippen LogP contribution in [0.4, 0.5) is 0 Å². The van der Waals surface area contributed by atoms with Crippen molar-refractivity contribution in [2.24, 2.45) is 17.1 Å². The van der Waals surface area contributed by atoms with Gasteiger partial charge in [-0.3, -0.25) is 4.79 Å². The number of carbonyl (C=O) groups excluding carboxylic acids is 1. The number of esters is 1. The van der Waals surface area contributed by atoms with Crippen molar-refractivity contribution in [1.29, 1.82) is 0 Å².